The monoisotopic (exact) mass is 461 g/mol. The smallest absolute Gasteiger partial charge is 0.316 e. The third-order valence-electron chi connectivity index (χ3n) is 3.88. The molecule has 0 bridgehead atoms. The minimum atomic E-state index is -0.371. The minimum absolute atomic E-state index is 0.130. The molecule has 12 heteroatoms. The number of hydrogen-bond acceptors (Lipinski definition) is 11. The maximum Gasteiger partial charge on any atom is 0.316 e. The largest absolute Gasteiger partial charge is 0.465 e. The van der Waals surface area contributed by atoms with Crippen LogP contribution in [-0.2, 0) is 9.53 Å². The Bertz CT molecular complexity index is 1200. The van der Waals surface area contributed by atoms with Crippen molar-refractivity contribution in [2.45, 2.75) is 18.2 Å². The van der Waals surface area contributed by atoms with Crippen molar-refractivity contribution in [1.29, 1.82) is 0 Å². The highest BCUT2D eigenvalue weighted by atomic mass is 32.2. The van der Waals surface area contributed by atoms with Gasteiger partial charge < -0.3 is 9.26 Å². The summed E-state index contributed by atoms with van der Waals surface area (Å²) in [6, 6.07) is 5.54. The van der Waals surface area contributed by atoms with E-state index in [1.54, 1.807) is 19.9 Å². The van der Waals surface area contributed by atoms with Gasteiger partial charge in [0.15, 0.2) is 4.34 Å². The van der Waals surface area contributed by atoms with Gasteiger partial charge in [-0.2, -0.15) is 0 Å². The molecule has 0 aliphatic heterocycles. The van der Waals surface area contributed by atoms with Crippen LogP contribution in [0.4, 0.5) is 5.13 Å². The molecule has 0 unspecified atom stereocenters. The number of thioether (sulfide) groups is 1. The highest BCUT2D eigenvalue weighted by Gasteiger charge is 2.21. The van der Waals surface area contributed by atoms with Crippen LogP contribution in [-0.4, -0.2) is 44.6 Å². The molecule has 4 rings (SSSR count). The van der Waals surface area contributed by atoms with E-state index in [0.29, 0.717) is 44.1 Å². The van der Waals surface area contributed by atoms with E-state index >= 15 is 0 Å². The molecule has 4 heterocycles. The zero-order valence-corrected chi connectivity index (χ0v) is 18.3. The molecule has 0 spiro atoms. The van der Waals surface area contributed by atoms with Crippen LogP contribution in [0.1, 0.15) is 23.0 Å². The Hall–Kier alpha value is -2.83. The zero-order valence-electron chi connectivity index (χ0n) is 15.9. The number of carbonyl (C=O) groups is 2. The van der Waals surface area contributed by atoms with E-state index in [-0.39, 0.29) is 17.6 Å². The lowest BCUT2D eigenvalue weighted by molar-refractivity contribution is -0.139. The number of ether oxygens (including phenoxy) is 1. The SMILES string of the molecule is CCOC(=O)CSc1nnc(NC(=O)c2cc(-c3cccs3)nc3onc(C)c23)s1. The molecule has 0 radical (unpaired) electrons. The van der Waals surface area contributed by atoms with E-state index in [0.717, 1.165) is 4.88 Å². The Morgan fingerprint density at radius 2 is 2.20 bits per heavy atom. The van der Waals surface area contributed by atoms with Gasteiger partial charge in [0.25, 0.3) is 11.6 Å². The van der Waals surface area contributed by atoms with Gasteiger partial charge in [-0.3, -0.25) is 14.9 Å². The summed E-state index contributed by atoms with van der Waals surface area (Å²) in [5, 5.41) is 17.5. The molecule has 0 fully saturated rings. The van der Waals surface area contributed by atoms with Crippen LogP contribution < -0.4 is 5.32 Å². The first-order chi connectivity index (χ1) is 14.5. The maximum atomic E-state index is 13.0. The number of aromatic nitrogens is 4. The van der Waals surface area contributed by atoms with Crippen LogP contribution >= 0.6 is 34.4 Å². The van der Waals surface area contributed by atoms with Crippen LogP contribution in [0.25, 0.3) is 21.7 Å². The quantitative estimate of drug-likeness (QED) is 0.247. The predicted molar refractivity (Wildman–Crippen MR) is 115 cm³/mol. The fourth-order valence-electron chi connectivity index (χ4n) is 2.63. The van der Waals surface area contributed by atoms with Crippen LogP contribution in [0.5, 0.6) is 0 Å². The van der Waals surface area contributed by atoms with Gasteiger partial charge in [0.2, 0.25) is 5.13 Å². The van der Waals surface area contributed by atoms with Gasteiger partial charge in [-0.05, 0) is 31.4 Å². The number of nitrogens with one attached hydrogen (secondary N) is 1. The van der Waals surface area contributed by atoms with E-state index < -0.39 is 0 Å². The summed E-state index contributed by atoms with van der Waals surface area (Å²) in [6.45, 7) is 3.83. The van der Waals surface area contributed by atoms with Crippen LogP contribution in [0.2, 0.25) is 0 Å². The first kappa shape index (κ1) is 20.4. The molecule has 0 saturated heterocycles. The maximum absolute atomic E-state index is 13.0. The summed E-state index contributed by atoms with van der Waals surface area (Å²) in [6.07, 6.45) is 0. The normalized spacial score (nSPS) is 11.0. The molecule has 4 aromatic rings. The average molecular weight is 462 g/mol. The second-order valence-corrected chi connectivity index (χ2v) is 9.05. The Morgan fingerprint density at radius 1 is 1.33 bits per heavy atom. The first-order valence-corrected chi connectivity index (χ1v) is 11.5. The van der Waals surface area contributed by atoms with Crippen molar-refractivity contribution in [3.05, 3.63) is 34.8 Å². The first-order valence-electron chi connectivity index (χ1n) is 8.79. The van der Waals surface area contributed by atoms with Gasteiger partial charge in [-0.15, -0.1) is 21.5 Å². The lowest BCUT2D eigenvalue weighted by atomic mass is 10.1. The molecule has 1 N–H and O–H groups in total. The molecule has 0 saturated carbocycles. The number of anilines is 1. The number of hydrogen-bond donors (Lipinski definition) is 1. The number of nitrogens with zero attached hydrogens (tertiary/aromatic N) is 4. The number of pyridine rings is 1. The molecular weight excluding hydrogens is 446 g/mol. The van der Waals surface area contributed by atoms with E-state index in [9.17, 15) is 9.59 Å². The summed E-state index contributed by atoms with van der Waals surface area (Å²) in [4.78, 5) is 29.9. The number of amides is 1. The highest BCUT2D eigenvalue weighted by molar-refractivity contribution is 8.01. The predicted octanol–water partition coefficient (Wildman–Crippen LogP) is 4.02. The number of aryl methyl sites for hydroxylation is 1. The Kier molecular flexibility index (Phi) is 6.06. The van der Waals surface area contributed by atoms with Gasteiger partial charge in [-0.25, -0.2) is 4.98 Å². The zero-order chi connectivity index (χ0) is 21.1. The summed E-state index contributed by atoms with van der Waals surface area (Å²) >= 11 is 3.90. The van der Waals surface area contributed by atoms with Gasteiger partial charge in [-0.1, -0.05) is 34.3 Å². The molecule has 0 aromatic carbocycles. The third-order valence-corrected chi connectivity index (χ3v) is 6.72. The summed E-state index contributed by atoms with van der Waals surface area (Å²) in [5.74, 6) is -0.568. The number of carbonyl (C=O) groups excluding carboxylic acids is 2. The van der Waals surface area contributed by atoms with Crippen molar-refractivity contribution in [2.24, 2.45) is 0 Å². The summed E-state index contributed by atoms with van der Waals surface area (Å²) in [5.41, 5.74) is 1.88. The molecule has 154 valence electrons. The van der Waals surface area contributed by atoms with E-state index in [1.165, 1.54) is 34.4 Å². The number of fused-ring (bicyclic) bond motifs is 1. The molecule has 0 atom stereocenters. The minimum Gasteiger partial charge on any atom is -0.465 e. The Balaban J connectivity index is 1.56. The van der Waals surface area contributed by atoms with Gasteiger partial charge in [0.1, 0.15) is 0 Å². The van der Waals surface area contributed by atoms with E-state index in [4.69, 9.17) is 9.26 Å². The lowest BCUT2D eigenvalue weighted by Gasteiger charge is -2.05. The topological polar surface area (TPSA) is 120 Å². The molecule has 0 aliphatic rings. The third kappa shape index (κ3) is 4.35. The number of rotatable bonds is 7. The van der Waals surface area contributed by atoms with Crippen LogP contribution in [0.3, 0.4) is 0 Å². The Labute approximate surface area is 182 Å². The van der Waals surface area contributed by atoms with E-state index in [1.807, 2.05) is 17.5 Å². The van der Waals surface area contributed by atoms with Crippen molar-refractivity contribution in [3.63, 3.8) is 0 Å². The molecule has 0 aliphatic carbocycles. The second-order valence-electron chi connectivity index (χ2n) is 5.90. The van der Waals surface area contributed by atoms with Gasteiger partial charge in [0.05, 0.1) is 39.6 Å². The fraction of sp³-hybridized carbons (Fsp3) is 0.222. The molecule has 1 amide bonds. The molecular formula is C18H15N5O4S3. The summed E-state index contributed by atoms with van der Waals surface area (Å²) < 4.78 is 10.7. The van der Waals surface area contributed by atoms with Crippen molar-refractivity contribution in [2.75, 3.05) is 17.7 Å². The number of thiophene rings is 1. The van der Waals surface area contributed by atoms with Crippen molar-refractivity contribution < 1.29 is 18.8 Å². The lowest BCUT2D eigenvalue weighted by Crippen LogP contribution is -2.13. The van der Waals surface area contributed by atoms with Crippen molar-refractivity contribution in [3.8, 4) is 10.6 Å². The second kappa shape index (κ2) is 8.90. The Morgan fingerprint density at radius 3 is 2.97 bits per heavy atom. The number of esters is 1. The van der Waals surface area contributed by atoms with Crippen LogP contribution in [0.15, 0.2) is 32.4 Å². The highest BCUT2D eigenvalue weighted by Crippen LogP contribution is 2.31. The summed E-state index contributed by atoms with van der Waals surface area (Å²) in [7, 11) is 0. The van der Waals surface area contributed by atoms with Crippen molar-refractivity contribution >= 4 is 62.5 Å². The fourth-order valence-corrected chi connectivity index (χ4v) is 4.86. The van der Waals surface area contributed by atoms with Crippen LogP contribution in [0, 0.1) is 6.92 Å². The molecule has 30 heavy (non-hydrogen) atoms. The van der Waals surface area contributed by atoms with Gasteiger partial charge >= 0.3 is 5.97 Å². The molecule has 4 aromatic heterocycles. The molecule has 9 nitrogen and oxygen atoms in total. The van der Waals surface area contributed by atoms with Gasteiger partial charge in [0, 0.05) is 0 Å². The average Bonchev–Trinajstić information content (AvgIpc) is 3.48. The van der Waals surface area contributed by atoms with E-state index in [2.05, 4.69) is 25.7 Å². The standard InChI is InChI=1S/C18H15N5O4S3/c1-3-26-13(24)8-29-18-22-21-17(30-18)20-15(25)10-7-11(12-5-4-6-28-12)19-16-14(10)9(2)23-27-16/h4-7H,3,8H2,1-2H3,(H,20,21,25). The van der Waals surface area contributed by atoms with Crippen molar-refractivity contribution in [1.82, 2.24) is 20.3 Å².